The maximum atomic E-state index is 12.5. The maximum absolute atomic E-state index is 12.5. The number of anilines is 1. The summed E-state index contributed by atoms with van der Waals surface area (Å²) in [4.78, 5) is 12.4. The molecule has 2 rings (SSSR count). The highest BCUT2D eigenvalue weighted by Crippen LogP contribution is 2.17. The molecule has 27 heavy (non-hydrogen) atoms. The van der Waals surface area contributed by atoms with E-state index in [4.69, 9.17) is 5.73 Å². The first-order valence-electron chi connectivity index (χ1n) is 8.96. The predicted molar refractivity (Wildman–Crippen MR) is 108 cm³/mol. The van der Waals surface area contributed by atoms with Gasteiger partial charge in [0.2, 0.25) is 0 Å². The molecular formula is C20H27N3O3S. The van der Waals surface area contributed by atoms with E-state index in [9.17, 15) is 13.2 Å². The van der Waals surface area contributed by atoms with Crippen LogP contribution in [0.2, 0.25) is 0 Å². The Kier molecular flexibility index (Phi) is 6.62. The van der Waals surface area contributed by atoms with Crippen molar-refractivity contribution in [2.45, 2.75) is 44.0 Å². The van der Waals surface area contributed by atoms with Gasteiger partial charge in [0.05, 0.1) is 4.90 Å². The molecule has 0 radical (unpaired) electrons. The predicted octanol–water partition coefficient (Wildman–Crippen LogP) is 3.04. The fourth-order valence-corrected chi connectivity index (χ4v) is 3.54. The molecule has 0 fully saturated rings. The van der Waals surface area contributed by atoms with Crippen LogP contribution in [0.5, 0.6) is 0 Å². The molecule has 6 nitrogen and oxygen atoms in total. The number of nitrogens with one attached hydrogen (secondary N) is 2. The van der Waals surface area contributed by atoms with Gasteiger partial charge in [-0.05, 0) is 56.2 Å². The summed E-state index contributed by atoms with van der Waals surface area (Å²) in [5.41, 5.74) is 7.67. The standard InChI is InChI=1S/C20H27N3O3S/c1-4-20(21,5-2)14-22-19(24)16-8-12-18(13-9-16)27(25,26)23-17-10-6-15(3)7-11-17/h6-13,23H,4-5,14,21H2,1-3H3,(H,22,24). The van der Waals surface area contributed by atoms with Crippen molar-refractivity contribution in [2.75, 3.05) is 11.3 Å². The van der Waals surface area contributed by atoms with Crippen molar-refractivity contribution in [3.05, 3.63) is 59.7 Å². The molecule has 0 aromatic heterocycles. The summed E-state index contributed by atoms with van der Waals surface area (Å²) in [6.07, 6.45) is 1.51. The van der Waals surface area contributed by atoms with Crippen LogP contribution in [0.4, 0.5) is 5.69 Å². The molecule has 2 aromatic rings. The highest BCUT2D eigenvalue weighted by Gasteiger charge is 2.21. The molecule has 0 aliphatic rings. The topological polar surface area (TPSA) is 101 Å². The number of amides is 1. The molecule has 0 bridgehead atoms. The summed E-state index contributed by atoms with van der Waals surface area (Å²) in [5.74, 6) is -0.276. The quantitative estimate of drug-likeness (QED) is 0.646. The Morgan fingerprint density at radius 2 is 1.56 bits per heavy atom. The summed E-state index contributed by atoms with van der Waals surface area (Å²) in [7, 11) is -3.71. The van der Waals surface area contributed by atoms with Crippen LogP contribution in [0.3, 0.4) is 0 Å². The smallest absolute Gasteiger partial charge is 0.261 e. The third-order valence-electron chi connectivity index (χ3n) is 4.74. The zero-order valence-corrected chi connectivity index (χ0v) is 16.8. The van der Waals surface area contributed by atoms with Gasteiger partial charge in [-0.3, -0.25) is 9.52 Å². The highest BCUT2D eigenvalue weighted by molar-refractivity contribution is 7.92. The van der Waals surface area contributed by atoms with E-state index in [0.29, 0.717) is 17.8 Å². The molecule has 0 atom stereocenters. The number of nitrogens with two attached hydrogens (primary N) is 1. The van der Waals surface area contributed by atoms with Gasteiger partial charge in [0.25, 0.3) is 15.9 Å². The van der Waals surface area contributed by atoms with Crippen LogP contribution in [0.1, 0.15) is 42.6 Å². The molecule has 0 saturated carbocycles. The molecule has 4 N–H and O–H groups in total. The van der Waals surface area contributed by atoms with Gasteiger partial charge < -0.3 is 11.1 Å². The van der Waals surface area contributed by atoms with E-state index in [1.165, 1.54) is 24.3 Å². The number of benzene rings is 2. The molecule has 7 heteroatoms. The fraction of sp³-hybridized carbons (Fsp3) is 0.350. The fourth-order valence-electron chi connectivity index (χ4n) is 2.48. The van der Waals surface area contributed by atoms with Gasteiger partial charge in [-0.15, -0.1) is 0 Å². The van der Waals surface area contributed by atoms with Crippen LogP contribution in [0, 0.1) is 6.92 Å². The highest BCUT2D eigenvalue weighted by atomic mass is 32.2. The summed E-state index contributed by atoms with van der Waals surface area (Å²) in [6, 6.07) is 12.9. The number of carbonyl (C=O) groups excluding carboxylic acids is 1. The van der Waals surface area contributed by atoms with E-state index in [1.807, 2.05) is 32.9 Å². The molecule has 2 aromatic carbocycles. The Bertz CT molecular complexity index is 872. The normalized spacial score (nSPS) is 11.9. The van der Waals surface area contributed by atoms with Crippen molar-refractivity contribution in [3.63, 3.8) is 0 Å². The van der Waals surface area contributed by atoms with Crippen molar-refractivity contribution in [3.8, 4) is 0 Å². The molecular weight excluding hydrogens is 362 g/mol. The van der Waals surface area contributed by atoms with Crippen LogP contribution in [0.25, 0.3) is 0 Å². The number of rotatable bonds is 8. The molecule has 0 heterocycles. The van der Waals surface area contributed by atoms with E-state index in [0.717, 1.165) is 18.4 Å². The molecule has 0 unspecified atom stereocenters. The molecule has 0 saturated heterocycles. The lowest BCUT2D eigenvalue weighted by Gasteiger charge is -2.26. The summed E-state index contributed by atoms with van der Waals surface area (Å²) in [5, 5.41) is 2.82. The van der Waals surface area contributed by atoms with Gasteiger partial charge in [0.15, 0.2) is 0 Å². The van der Waals surface area contributed by atoms with Gasteiger partial charge in [-0.25, -0.2) is 8.42 Å². The first kappa shape index (κ1) is 20.9. The first-order chi connectivity index (χ1) is 12.7. The molecule has 1 amide bonds. The Labute approximate surface area is 161 Å². The van der Waals surface area contributed by atoms with Crippen molar-refractivity contribution < 1.29 is 13.2 Å². The molecule has 0 spiro atoms. The number of hydrogen-bond acceptors (Lipinski definition) is 4. The van der Waals surface area contributed by atoms with E-state index >= 15 is 0 Å². The van der Waals surface area contributed by atoms with Crippen molar-refractivity contribution in [2.24, 2.45) is 5.73 Å². The van der Waals surface area contributed by atoms with Crippen LogP contribution in [0.15, 0.2) is 53.4 Å². The summed E-state index contributed by atoms with van der Waals surface area (Å²) < 4.78 is 27.5. The van der Waals surface area contributed by atoms with Crippen LogP contribution in [-0.4, -0.2) is 26.4 Å². The third kappa shape index (κ3) is 5.55. The SMILES string of the molecule is CCC(N)(CC)CNC(=O)c1ccc(S(=O)(=O)Nc2ccc(C)cc2)cc1. The van der Waals surface area contributed by atoms with Gasteiger partial charge in [0, 0.05) is 23.3 Å². The second-order valence-corrected chi connectivity index (χ2v) is 8.43. The van der Waals surface area contributed by atoms with E-state index in [-0.39, 0.29) is 10.8 Å². The second kappa shape index (κ2) is 8.54. The van der Waals surface area contributed by atoms with Gasteiger partial charge in [0.1, 0.15) is 0 Å². The van der Waals surface area contributed by atoms with Gasteiger partial charge in [-0.2, -0.15) is 0 Å². The van der Waals surface area contributed by atoms with Gasteiger partial charge >= 0.3 is 0 Å². The monoisotopic (exact) mass is 389 g/mol. The number of sulfonamides is 1. The van der Waals surface area contributed by atoms with Crippen molar-refractivity contribution in [1.29, 1.82) is 0 Å². The minimum atomic E-state index is -3.71. The van der Waals surface area contributed by atoms with Crippen molar-refractivity contribution >= 4 is 21.6 Å². The van der Waals surface area contributed by atoms with Crippen LogP contribution in [-0.2, 0) is 10.0 Å². The molecule has 146 valence electrons. The Morgan fingerprint density at radius 3 is 2.07 bits per heavy atom. The third-order valence-corrected chi connectivity index (χ3v) is 6.14. The number of carbonyl (C=O) groups is 1. The van der Waals surface area contributed by atoms with Crippen LogP contribution >= 0.6 is 0 Å². The Hall–Kier alpha value is -2.38. The zero-order valence-electron chi connectivity index (χ0n) is 16.0. The van der Waals surface area contributed by atoms with Crippen molar-refractivity contribution in [1.82, 2.24) is 5.32 Å². The minimum absolute atomic E-state index is 0.0925. The second-order valence-electron chi connectivity index (χ2n) is 6.75. The summed E-state index contributed by atoms with van der Waals surface area (Å²) >= 11 is 0. The lowest BCUT2D eigenvalue weighted by molar-refractivity contribution is 0.0942. The van der Waals surface area contributed by atoms with Crippen LogP contribution < -0.4 is 15.8 Å². The van der Waals surface area contributed by atoms with E-state index < -0.39 is 15.6 Å². The maximum Gasteiger partial charge on any atom is 0.261 e. The Balaban J connectivity index is 2.07. The average molecular weight is 390 g/mol. The summed E-state index contributed by atoms with van der Waals surface area (Å²) in [6.45, 7) is 6.26. The zero-order chi connectivity index (χ0) is 20.1. The van der Waals surface area contributed by atoms with Gasteiger partial charge in [-0.1, -0.05) is 31.5 Å². The minimum Gasteiger partial charge on any atom is -0.350 e. The largest absolute Gasteiger partial charge is 0.350 e. The molecule has 0 aliphatic carbocycles. The number of hydrogen-bond donors (Lipinski definition) is 3. The lowest BCUT2D eigenvalue weighted by atomic mass is 9.94. The average Bonchev–Trinajstić information content (AvgIpc) is 2.67. The lowest BCUT2D eigenvalue weighted by Crippen LogP contribution is -2.49. The first-order valence-corrected chi connectivity index (χ1v) is 10.4. The van der Waals surface area contributed by atoms with E-state index in [1.54, 1.807) is 12.1 Å². The Morgan fingerprint density at radius 1 is 1.00 bits per heavy atom. The van der Waals surface area contributed by atoms with E-state index in [2.05, 4.69) is 10.0 Å². The number of aryl methyl sites for hydroxylation is 1. The molecule has 0 aliphatic heterocycles.